The van der Waals surface area contributed by atoms with Gasteiger partial charge in [0, 0.05) is 45.7 Å². The van der Waals surface area contributed by atoms with Crippen LogP contribution in [0.15, 0.2) is 24.3 Å². The minimum Gasteiger partial charge on any atom is -0.444 e. The Balaban J connectivity index is 1.42. The standard InChI is InChI=1S/C23H31FN4O3S/c1-16-20(32-19(26-16)15-17-5-7-18(24)8-6-17)21(29)25-9-10-27-11-13-28(14-12-27)22(30)31-23(2,3)4/h5-8H,9-15H2,1-4H3,(H,25,29). The van der Waals surface area contributed by atoms with E-state index in [-0.39, 0.29) is 17.8 Å². The Labute approximate surface area is 192 Å². The number of carbonyl (C=O) groups is 2. The number of nitrogens with zero attached hydrogens (tertiary/aromatic N) is 3. The molecule has 3 rings (SSSR count). The van der Waals surface area contributed by atoms with E-state index in [0.717, 1.165) is 23.7 Å². The summed E-state index contributed by atoms with van der Waals surface area (Å²) in [5.74, 6) is -0.395. The van der Waals surface area contributed by atoms with Crippen molar-refractivity contribution in [2.75, 3.05) is 39.3 Å². The van der Waals surface area contributed by atoms with E-state index in [9.17, 15) is 14.0 Å². The Hall–Kier alpha value is -2.52. The van der Waals surface area contributed by atoms with Crippen LogP contribution in [0.4, 0.5) is 9.18 Å². The molecular weight excluding hydrogens is 431 g/mol. The van der Waals surface area contributed by atoms with Gasteiger partial charge >= 0.3 is 6.09 Å². The van der Waals surface area contributed by atoms with Gasteiger partial charge in [0.05, 0.1) is 10.7 Å². The molecule has 0 unspecified atom stereocenters. The molecule has 0 atom stereocenters. The number of hydrogen-bond acceptors (Lipinski definition) is 6. The Bertz CT molecular complexity index is 932. The van der Waals surface area contributed by atoms with E-state index in [2.05, 4.69) is 15.2 Å². The van der Waals surface area contributed by atoms with Crippen molar-refractivity contribution in [2.24, 2.45) is 0 Å². The highest BCUT2D eigenvalue weighted by atomic mass is 32.1. The number of benzene rings is 1. The normalized spacial score (nSPS) is 15.0. The van der Waals surface area contributed by atoms with Crippen LogP contribution in [0.3, 0.4) is 0 Å². The van der Waals surface area contributed by atoms with Crippen LogP contribution in [0.5, 0.6) is 0 Å². The third-order valence-electron chi connectivity index (χ3n) is 5.05. The zero-order chi connectivity index (χ0) is 23.3. The van der Waals surface area contributed by atoms with E-state index >= 15 is 0 Å². The smallest absolute Gasteiger partial charge is 0.410 e. The Morgan fingerprint density at radius 2 is 1.81 bits per heavy atom. The van der Waals surface area contributed by atoms with E-state index in [1.54, 1.807) is 17.0 Å². The summed E-state index contributed by atoms with van der Waals surface area (Å²) in [4.78, 5) is 33.8. The molecule has 0 radical (unpaired) electrons. The maximum Gasteiger partial charge on any atom is 0.410 e. The number of carbonyl (C=O) groups excluding carboxylic acids is 2. The largest absolute Gasteiger partial charge is 0.444 e. The number of amides is 2. The molecule has 1 aliphatic heterocycles. The van der Waals surface area contributed by atoms with Crippen molar-refractivity contribution in [2.45, 2.75) is 39.7 Å². The van der Waals surface area contributed by atoms with Gasteiger partial charge in [-0.05, 0) is 45.4 Å². The number of aromatic nitrogens is 1. The fourth-order valence-corrected chi connectivity index (χ4v) is 4.42. The first kappa shape index (κ1) is 24.1. The maximum atomic E-state index is 13.1. The van der Waals surface area contributed by atoms with Crippen LogP contribution in [-0.4, -0.2) is 71.7 Å². The molecule has 1 fully saturated rings. The number of ether oxygens (including phenoxy) is 1. The van der Waals surface area contributed by atoms with Crippen molar-refractivity contribution in [3.05, 3.63) is 51.2 Å². The lowest BCUT2D eigenvalue weighted by atomic mass is 10.1. The lowest BCUT2D eigenvalue weighted by Crippen LogP contribution is -2.51. The van der Waals surface area contributed by atoms with Crippen molar-refractivity contribution in [3.8, 4) is 0 Å². The predicted octanol–water partition coefficient (Wildman–Crippen LogP) is 3.46. The molecule has 1 aromatic heterocycles. The maximum absolute atomic E-state index is 13.1. The molecule has 1 saturated heterocycles. The highest BCUT2D eigenvalue weighted by molar-refractivity contribution is 7.13. The molecule has 0 saturated carbocycles. The van der Waals surface area contributed by atoms with Crippen LogP contribution in [-0.2, 0) is 11.2 Å². The van der Waals surface area contributed by atoms with Gasteiger partial charge in [-0.15, -0.1) is 11.3 Å². The molecule has 2 amide bonds. The molecule has 0 spiro atoms. The van der Waals surface area contributed by atoms with E-state index in [0.29, 0.717) is 43.2 Å². The second-order valence-electron chi connectivity index (χ2n) is 8.89. The SMILES string of the molecule is Cc1nc(Cc2ccc(F)cc2)sc1C(=O)NCCN1CCN(C(=O)OC(C)(C)C)CC1. The summed E-state index contributed by atoms with van der Waals surface area (Å²) < 4.78 is 18.5. The van der Waals surface area contributed by atoms with Crippen molar-refractivity contribution < 1.29 is 18.7 Å². The third kappa shape index (κ3) is 7.00. The summed E-state index contributed by atoms with van der Waals surface area (Å²) in [7, 11) is 0. The van der Waals surface area contributed by atoms with Crippen LogP contribution >= 0.6 is 11.3 Å². The van der Waals surface area contributed by atoms with Gasteiger partial charge in [0.25, 0.3) is 5.91 Å². The topological polar surface area (TPSA) is 74.8 Å². The minimum atomic E-state index is -0.494. The number of aryl methyl sites for hydroxylation is 1. The molecule has 7 nitrogen and oxygen atoms in total. The monoisotopic (exact) mass is 462 g/mol. The van der Waals surface area contributed by atoms with Crippen LogP contribution in [0.2, 0.25) is 0 Å². The molecular formula is C23H31FN4O3S. The summed E-state index contributed by atoms with van der Waals surface area (Å²) in [6.45, 7) is 11.4. The number of piperazine rings is 1. The zero-order valence-electron chi connectivity index (χ0n) is 19.1. The number of nitrogens with one attached hydrogen (secondary N) is 1. The highest BCUT2D eigenvalue weighted by Gasteiger charge is 2.25. The summed E-state index contributed by atoms with van der Waals surface area (Å²) >= 11 is 1.37. The second-order valence-corrected chi connectivity index (χ2v) is 9.97. The molecule has 32 heavy (non-hydrogen) atoms. The predicted molar refractivity (Wildman–Crippen MR) is 123 cm³/mol. The zero-order valence-corrected chi connectivity index (χ0v) is 19.9. The number of rotatable bonds is 6. The highest BCUT2D eigenvalue weighted by Crippen LogP contribution is 2.21. The molecule has 0 bridgehead atoms. The molecule has 9 heteroatoms. The lowest BCUT2D eigenvalue weighted by molar-refractivity contribution is 0.0147. The van der Waals surface area contributed by atoms with E-state index < -0.39 is 5.60 Å². The van der Waals surface area contributed by atoms with Gasteiger partial charge in [-0.25, -0.2) is 14.2 Å². The van der Waals surface area contributed by atoms with Crippen molar-refractivity contribution in [1.29, 1.82) is 0 Å². The Morgan fingerprint density at radius 3 is 2.44 bits per heavy atom. The summed E-state index contributed by atoms with van der Waals surface area (Å²) in [6.07, 6.45) is 0.295. The van der Waals surface area contributed by atoms with Gasteiger partial charge in [0.15, 0.2) is 0 Å². The molecule has 0 aliphatic carbocycles. The number of hydrogen-bond donors (Lipinski definition) is 1. The molecule has 2 heterocycles. The van der Waals surface area contributed by atoms with Crippen molar-refractivity contribution in [1.82, 2.24) is 20.1 Å². The van der Waals surface area contributed by atoms with Crippen molar-refractivity contribution >= 4 is 23.3 Å². The van der Waals surface area contributed by atoms with E-state index in [4.69, 9.17) is 4.74 Å². The minimum absolute atomic E-state index is 0.127. The van der Waals surface area contributed by atoms with Crippen LogP contribution in [0.25, 0.3) is 0 Å². The average Bonchev–Trinajstić information content (AvgIpc) is 3.09. The Kier molecular flexibility index (Phi) is 7.84. The fourth-order valence-electron chi connectivity index (χ4n) is 3.40. The van der Waals surface area contributed by atoms with Gasteiger partial charge in [-0.3, -0.25) is 9.69 Å². The van der Waals surface area contributed by atoms with Crippen molar-refractivity contribution in [3.63, 3.8) is 0 Å². The lowest BCUT2D eigenvalue weighted by Gasteiger charge is -2.35. The first-order valence-corrected chi connectivity index (χ1v) is 11.6. The summed E-state index contributed by atoms with van der Waals surface area (Å²) in [6, 6.07) is 6.32. The number of halogens is 1. The first-order valence-electron chi connectivity index (χ1n) is 10.8. The van der Waals surface area contributed by atoms with E-state index in [1.807, 2.05) is 27.7 Å². The third-order valence-corrected chi connectivity index (χ3v) is 6.21. The molecule has 174 valence electrons. The quantitative estimate of drug-likeness (QED) is 0.712. The van der Waals surface area contributed by atoms with Crippen LogP contribution in [0.1, 0.15) is 46.7 Å². The van der Waals surface area contributed by atoms with Gasteiger partial charge in [0.2, 0.25) is 0 Å². The second kappa shape index (κ2) is 10.4. The molecule has 1 aliphatic rings. The number of thiazole rings is 1. The molecule has 2 aromatic rings. The molecule has 1 aromatic carbocycles. The summed E-state index contributed by atoms with van der Waals surface area (Å²) in [5.41, 5.74) is 1.17. The first-order chi connectivity index (χ1) is 15.1. The van der Waals surface area contributed by atoms with Gasteiger partial charge in [-0.1, -0.05) is 12.1 Å². The van der Waals surface area contributed by atoms with E-state index in [1.165, 1.54) is 23.5 Å². The Morgan fingerprint density at radius 1 is 1.16 bits per heavy atom. The van der Waals surface area contributed by atoms with Crippen LogP contribution in [0, 0.1) is 12.7 Å². The van der Waals surface area contributed by atoms with Gasteiger partial charge in [-0.2, -0.15) is 0 Å². The van der Waals surface area contributed by atoms with Crippen LogP contribution < -0.4 is 5.32 Å². The summed E-state index contributed by atoms with van der Waals surface area (Å²) in [5, 5.41) is 3.80. The fraction of sp³-hybridized carbons (Fsp3) is 0.522. The van der Waals surface area contributed by atoms with Gasteiger partial charge in [0.1, 0.15) is 16.3 Å². The molecule has 1 N–H and O–H groups in total. The average molecular weight is 463 g/mol. The van der Waals surface area contributed by atoms with Gasteiger partial charge < -0.3 is 15.0 Å².